The molecule has 0 spiro atoms. The normalized spacial score (nSPS) is 11.3. The van der Waals surface area contributed by atoms with Crippen molar-refractivity contribution in [1.29, 1.82) is 0 Å². The second kappa shape index (κ2) is 14.9. The van der Waals surface area contributed by atoms with Gasteiger partial charge < -0.3 is 16.8 Å². The van der Waals surface area contributed by atoms with E-state index in [2.05, 4.69) is 12.2 Å². The third kappa shape index (κ3) is 15.9. The highest BCUT2D eigenvalue weighted by molar-refractivity contribution is 4.54. The minimum atomic E-state index is -0.112. The molecular weight excluding hydrogens is 222 g/mol. The van der Waals surface area contributed by atoms with Crippen LogP contribution in [0.4, 0.5) is 0 Å². The van der Waals surface area contributed by atoms with E-state index in [4.69, 9.17) is 11.5 Å². The fourth-order valence-corrected chi connectivity index (χ4v) is 2.14. The van der Waals surface area contributed by atoms with Gasteiger partial charge in [0.1, 0.15) is 0 Å². The zero-order chi connectivity index (χ0) is 13.5. The molecule has 0 radical (unpaired) electrons. The lowest BCUT2D eigenvalue weighted by atomic mass is 10.1. The smallest absolute Gasteiger partial charge is 0.0520 e. The van der Waals surface area contributed by atoms with E-state index < -0.39 is 0 Å². The van der Waals surface area contributed by atoms with Gasteiger partial charge in [-0.1, -0.05) is 58.3 Å². The lowest BCUT2D eigenvalue weighted by Crippen LogP contribution is -2.29. The number of hydrogen-bond acceptors (Lipinski definition) is 3. The van der Waals surface area contributed by atoms with Crippen molar-refractivity contribution >= 4 is 0 Å². The van der Waals surface area contributed by atoms with Gasteiger partial charge in [0.05, 0.1) is 6.17 Å². The second-order valence-electron chi connectivity index (χ2n) is 5.38. The van der Waals surface area contributed by atoms with Crippen molar-refractivity contribution in [2.75, 3.05) is 13.1 Å². The molecule has 110 valence electrons. The predicted octanol–water partition coefficient (Wildman–Crippen LogP) is 3.13. The topological polar surface area (TPSA) is 64.1 Å². The molecule has 0 aliphatic heterocycles. The van der Waals surface area contributed by atoms with Gasteiger partial charge in [-0.15, -0.1) is 0 Å². The summed E-state index contributed by atoms with van der Waals surface area (Å²) in [6, 6.07) is 0. The summed E-state index contributed by atoms with van der Waals surface area (Å²) in [5.74, 6) is 0. The fourth-order valence-electron chi connectivity index (χ4n) is 2.14. The van der Waals surface area contributed by atoms with Gasteiger partial charge in [0, 0.05) is 0 Å². The molecule has 0 unspecified atom stereocenters. The quantitative estimate of drug-likeness (QED) is 0.331. The lowest BCUT2D eigenvalue weighted by Gasteiger charge is -2.06. The molecule has 3 heteroatoms. The molecule has 0 aromatic heterocycles. The summed E-state index contributed by atoms with van der Waals surface area (Å²) in [5, 5.41) is 3.53. The SMILES string of the molecule is CCCCCCCNCCCCCCCC(N)N. The Labute approximate surface area is 114 Å². The van der Waals surface area contributed by atoms with Crippen LogP contribution < -0.4 is 16.8 Å². The Morgan fingerprint density at radius 2 is 1.22 bits per heavy atom. The van der Waals surface area contributed by atoms with Crippen LogP contribution in [0.15, 0.2) is 0 Å². The van der Waals surface area contributed by atoms with Crippen molar-refractivity contribution in [3.63, 3.8) is 0 Å². The van der Waals surface area contributed by atoms with Crippen molar-refractivity contribution < 1.29 is 0 Å². The average Bonchev–Trinajstić information content (AvgIpc) is 2.34. The summed E-state index contributed by atoms with van der Waals surface area (Å²) in [6.45, 7) is 4.65. The Morgan fingerprint density at radius 1 is 0.722 bits per heavy atom. The van der Waals surface area contributed by atoms with Gasteiger partial charge in [-0.2, -0.15) is 0 Å². The summed E-state index contributed by atoms with van der Waals surface area (Å²) in [6.07, 6.45) is 14.2. The molecule has 0 amide bonds. The number of unbranched alkanes of at least 4 members (excludes halogenated alkanes) is 8. The van der Waals surface area contributed by atoms with E-state index in [1.807, 2.05) is 0 Å². The molecule has 18 heavy (non-hydrogen) atoms. The van der Waals surface area contributed by atoms with Crippen LogP contribution in [0, 0.1) is 0 Å². The summed E-state index contributed by atoms with van der Waals surface area (Å²) in [7, 11) is 0. The standard InChI is InChI=1S/C15H35N3/c1-2-3-4-7-10-13-18-14-11-8-5-6-9-12-15(16)17/h15,18H,2-14,16-17H2,1H3. The number of hydrogen-bond donors (Lipinski definition) is 3. The molecule has 3 nitrogen and oxygen atoms in total. The minimum Gasteiger partial charge on any atom is -0.317 e. The molecule has 0 aromatic rings. The Morgan fingerprint density at radius 3 is 1.78 bits per heavy atom. The summed E-state index contributed by atoms with van der Waals surface area (Å²) in [5.41, 5.74) is 11.0. The van der Waals surface area contributed by atoms with Crippen LogP contribution in [0.3, 0.4) is 0 Å². The van der Waals surface area contributed by atoms with Crippen LogP contribution in [0.1, 0.15) is 77.6 Å². The van der Waals surface area contributed by atoms with Crippen molar-refractivity contribution in [1.82, 2.24) is 5.32 Å². The first-order chi connectivity index (χ1) is 8.77. The lowest BCUT2D eigenvalue weighted by molar-refractivity contribution is 0.527. The van der Waals surface area contributed by atoms with Gasteiger partial charge >= 0.3 is 0 Å². The van der Waals surface area contributed by atoms with Gasteiger partial charge in [0.15, 0.2) is 0 Å². The van der Waals surface area contributed by atoms with Crippen LogP contribution in [-0.2, 0) is 0 Å². The summed E-state index contributed by atoms with van der Waals surface area (Å²) < 4.78 is 0. The van der Waals surface area contributed by atoms with E-state index in [-0.39, 0.29) is 6.17 Å². The van der Waals surface area contributed by atoms with Crippen LogP contribution in [-0.4, -0.2) is 19.3 Å². The van der Waals surface area contributed by atoms with Crippen LogP contribution in [0.25, 0.3) is 0 Å². The zero-order valence-electron chi connectivity index (χ0n) is 12.4. The maximum atomic E-state index is 5.50. The molecule has 0 atom stereocenters. The Kier molecular flexibility index (Phi) is 14.8. The van der Waals surface area contributed by atoms with Gasteiger partial charge in [-0.3, -0.25) is 0 Å². The van der Waals surface area contributed by atoms with Crippen molar-refractivity contribution in [2.45, 2.75) is 83.7 Å². The number of rotatable bonds is 14. The molecule has 0 aliphatic carbocycles. The number of nitrogens with one attached hydrogen (secondary N) is 1. The molecule has 0 fully saturated rings. The van der Waals surface area contributed by atoms with E-state index >= 15 is 0 Å². The average molecular weight is 257 g/mol. The monoisotopic (exact) mass is 257 g/mol. The molecule has 0 saturated heterocycles. The van der Waals surface area contributed by atoms with Crippen LogP contribution in [0.2, 0.25) is 0 Å². The maximum absolute atomic E-state index is 5.50. The highest BCUT2D eigenvalue weighted by Crippen LogP contribution is 2.05. The third-order valence-corrected chi connectivity index (χ3v) is 3.35. The molecule has 0 aliphatic rings. The number of nitrogens with two attached hydrogens (primary N) is 2. The second-order valence-corrected chi connectivity index (χ2v) is 5.38. The first kappa shape index (κ1) is 17.9. The molecule has 0 heterocycles. The fraction of sp³-hybridized carbons (Fsp3) is 1.00. The molecule has 5 N–H and O–H groups in total. The largest absolute Gasteiger partial charge is 0.317 e. The van der Waals surface area contributed by atoms with Gasteiger partial charge in [0.2, 0.25) is 0 Å². The Bertz CT molecular complexity index is 149. The Balaban J connectivity index is 2.90. The zero-order valence-corrected chi connectivity index (χ0v) is 12.4. The molecule has 0 saturated carbocycles. The molecule has 0 rings (SSSR count). The van der Waals surface area contributed by atoms with Gasteiger partial charge in [-0.05, 0) is 32.4 Å². The maximum Gasteiger partial charge on any atom is 0.0520 e. The Hall–Kier alpha value is -0.120. The van der Waals surface area contributed by atoms with Crippen LogP contribution >= 0.6 is 0 Å². The molecule has 0 bridgehead atoms. The third-order valence-electron chi connectivity index (χ3n) is 3.35. The minimum absolute atomic E-state index is 0.112. The summed E-state index contributed by atoms with van der Waals surface area (Å²) >= 11 is 0. The first-order valence-electron chi connectivity index (χ1n) is 7.99. The molecular formula is C15H35N3. The van der Waals surface area contributed by atoms with Crippen LogP contribution in [0.5, 0.6) is 0 Å². The first-order valence-corrected chi connectivity index (χ1v) is 7.99. The highest BCUT2D eigenvalue weighted by Gasteiger charge is 1.95. The van der Waals surface area contributed by atoms with E-state index in [1.54, 1.807) is 0 Å². The highest BCUT2D eigenvalue weighted by atomic mass is 14.8. The summed E-state index contributed by atoms with van der Waals surface area (Å²) in [4.78, 5) is 0. The van der Waals surface area contributed by atoms with E-state index in [0.717, 1.165) is 6.42 Å². The molecule has 0 aromatic carbocycles. The van der Waals surface area contributed by atoms with Crippen molar-refractivity contribution in [3.8, 4) is 0 Å². The van der Waals surface area contributed by atoms with E-state index in [9.17, 15) is 0 Å². The van der Waals surface area contributed by atoms with Gasteiger partial charge in [-0.25, -0.2) is 0 Å². The van der Waals surface area contributed by atoms with E-state index in [1.165, 1.54) is 77.3 Å². The van der Waals surface area contributed by atoms with Crippen molar-refractivity contribution in [3.05, 3.63) is 0 Å². The van der Waals surface area contributed by atoms with E-state index in [0.29, 0.717) is 0 Å². The van der Waals surface area contributed by atoms with Gasteiger partial charge in [0.25, 0.3) is 0 Å². The predicted molar refractivity (Wildman–Crippen MR) is 81.5 cm³/mol. The van der Waals surface area contributed by atoms with Crippen molar-refractivity contribution in [2.24, 2.45) is 11.5 Å².